The van der Waals surface area contributed by atoms with Gasteiger partial charge >= 0.3 is 0 Å². The molecule has 2 aliphatic heterocycles. The van der Waals surface area contributed by atoms with E-state index in [-0.39, 0.29) is 40.5 Å². The molecule has 0 bridgehead atoms. The lowest BCUT2D eigenvalue weighted by molar-refractivity contribution is -0.132. The first-order valence-electron chi connectivity index (χ1n) is 15.5. The van der Waals surface area contributed by atoms with Crippen LogP contribution in [0.1, 0.15) is 59.7 Å². The van der Waals surface area contributed by atoms with Gasteiger partial charge in [0.05, 0.1) is 21.9 Å². The number of hydrogen-bond acceptors (Lipinski definition) is 5. The summed E-state index contributed by atoms with van der Waals surface area (Å²) >= 11 is 0. The van der Waals surface area contributed by atoms with Crippen molar-refractivity contribution in [1.82, 2.24) is 8.61 Å². The van der Waals surface area contributed by atoms with Crippen LogP contribution in [-0.4, -0.2) is 43.8 Å². The van der Waals surface area contributed by atoms with Gasteiger partial charge in [-0.3, -0.25) is 4.79 Å². The van der Waals surface area contributed by atoms with Gasteiger partial charge in [-0.1, -0.05) is 84.8 Å². The van der Waals surface area contributed by atoms with Gasteiger partial charge in [0.2, 0.25) is 20.0 Å². The van der Waals surface area contributed by atoms with E-state index < -0.39 is 49.9 Å². The normalized spacial score (nSPS) is 22.8. The molecule has 0 aromatic heterocycles. The number of benzene rings is 4. The van der Waals surface area contributed by atoms with Crippen LogP contribution < -0.4 is 0 Å². The minimum Gasteiger partial charge on any atom is -0.299 e. The highest BCUT2D eigenvalue weighted by Gasteiger charge is 2.54. The maximum absolute atomic E-state index is 15.4. The van der Waals surface area contributed by atoms with Crippen molar-refractivity contribution in [2.45, 2.75) is 68.0 Å². The van der Waals surface area contributed by atoms with Gasteiger partial charge in [0.25, 0.3) is 0 Å². The molecule has 2 saturated heterocycles. The number of ketones is 1. The number of sulfonamides is 2. The Morgan fingerprint density at radius 3 is 1.87 bits per heavy atom. The fraction of sp³-hybridized carbons (Fsp3) is 0.306. The second-order valence-corrected chi connectivity index (χ2v) is 16.0. The Hall–Kier alpha value is -3.70. The van der Waals surface area contributed by atoms with Crippen molar-refractivity contribution >= 4 is 25.8 Å². The van der Waals surface area contributed by atoms with Crippen LogP contribution in [0.3, 0.4) is 0 Å². The van der Waals surface area contributed by atoms with Crippen LogP contribution in [0.4, 0.5) is 4.39 Å². The lowest BCUT2D eigenvalue weighted by atomic mass is 9.77. The zero-order chi connectivity index (χ0) is 32.8. The summed E-state index contributed by atoms with van der Waals surface area (Å²) in [7, 11) is -8.36. The molecule has 10 heteroatoms. The Bertz CT molecular complexity index is 1960. The van der Waals surface area contributed by atoms with Crippen molar-refractivity contribution in [1.29, 1.82) is 0 Å². The van der Waals surface area contributed by atoms with E-state index in [1.165, 1.54) is 38.9 Å². The lowest BCUT2D eigenvalue weighted by Gasteiger charge is -2.51. The zero-order valence-corrected chi connectivity index (χ0v) is 27.6. The molecule has 0 N–H and O–H groups in total. The number of hydrogen-bond donors (Lipinski definition) is 0. The third-order valence-corrected chi connectivity index (χ3v) is 13.2. The van der Waals surface area contributed by atoms with Gasteiger partial charge in [0, 0.05) is 30.5 Å². The van der Waals surface area contributed by atoms with E-state index in [9.17, 15) is 21.6 Å². The molecule has 4 aromatic rings. The van der Waals surface area contributed by atoms with E-state index in [1.54, 1.807) is 42.5 Å². The van der Waals surface area contributed by atoms with E-state index in [1.807, 2.05) is 45.0 Å². The average Bonchev–Trinajstić information content (AvgIpc) is 3.04. The van der Waals surface area contributed by atoms with Gasteiger partial charge in [-0.2, -0.15) is 8.61 Å². The molecule has 4 aromatic carbocycles. The summed E-state index contributed by atoms with van der Waals surface area (Å²) in [4.78, 5) is 14.1. The second kappa shape index (κ2) is 12.5. The van der Waals surface area contributed by atoms with E-state index in [0.717, 1.165) is 23.1 Å². The summed E-state index contributed by atoms with van der Waals surface area (Å²) in [6, 6.07) is 23.8. The Balaban J connectivity index is 1.52. The summed E-state index contributed by atoms with van der Waals surface area (Å²) in [6.45, 7) is 5.55. The highest BCUT2D eigenvalue weighted by atomic mass is 32.2. The fourth-order valence-electron chi connectivity index (χ4n) is 6.77. The highest BCUT2D eigenvalue weighted by Crippen LogP contribution is 2.48. The monoisotopic (exact) mass is 660 g/mol. The Labute approximate surface area is 270 Å². The number of halogens is 1. The molecule has 46 heavy (non-hydrogen) atoms. The Morgan fingerprint density at radius 1 is 0.739 bits per heavy atom. The van der Waals surface area contributed by atoms with Crippen molar-refractivity contribution in [3.63, 3.8) is 0 Å². The molecule has 240 valence electrons. The fourth-order valence-corrected chi connectivity index (χ4v) is 10.3. The molecule has 0 radical (unpaired) electrons. The standard InChI is InChI=1S/C36H37FN2O5S2/c1-4-26-13-15-27(16-14-26)33-21-34-31(23-38(33)45(41,42)28-17-9-24(2)10-18-28)36(40)22-35(30-7-5-6-8-32(30)37)39(34)46(43,44)29-19-11-25(3)12-20-29/h5-20,31,33-35H,4,21-23H2,1-3H3/t31-,33?,34+,35?/m1/s1. The summed E-state index contributed by atoms with van der Waals surface area (Å²) in [5.41, 5.74) is 3.66. The second-order valence-electron chi connectivity index (χ2n) is 12.3. The van der Waals surface area contributed by atoms with E-state index in [4.69, 9.17) is 0 Å². The maximum atomic E-state index is 15.4. The van der Waals surface area contributed by atoms with Crippen molar-refractivity contribution in [2.75, 3.05) is 6.54 Å². The Kier molecular flexibility index (Phi) is 8.75. The van der Waals surface area contributed by atoms with Crippen LogP contribution in [0.25, 0.3) is 0 Å². The van der Waals surface area contributed by atoms with Crippen LogP contribution >= 0.6 is 0 Å². The largest absolute Gasteiger partial charge is 0.299 e. The lowest BCUT2D eigenvalue weighted by Crippen LogP contribution is -2.61. The smallest absolute Gasteiger partial charge is 0.243 e. The predicted molar refractivity (Wildman–Crippen MR) is 174 cm³/mol. The maximum Gasteiger partial charge on any atom is 0.243 e. The summed E-state index contributed by atoms with van der Waals surface area (Å²) in [5.74, 6) is -1.85. The molecule has 2 fully saturated rings. The molecule has 0 aliphatic carbocycles. The van der Waals surface area contributed by atoms with Crippen LogP contribution in [0.5, 0.6) is 0 Å². The topological polar surface area (TPSA) is 91.8 Å². The number of piperidine rings is 2. The van der Waals surface area contributed by atoms with Gasteiger partial charge in [0.1, 0.15) is 11.6 Å². The minimum atomic E-state index is -4.27. The van der Waals surface area contributed by atoms with Crippen molar-refractivity contribution in [2.24, 2.45) is 5.92 Å². The summed E-state index contributed by atoms with van der Waals surface area (Å²) in [5, 5.41) is 0. The van der Waals surface area contributed by atoms with Crippen LogP contribution in [-0.2, 0) is 31.3 Å². The van der Waals surface area contributed by atoms with Gasteiger partial charge < -0.3 is 0 Å². The SMILES string of the molecule is CCc1ccc(C2C[C@H]3[C@@H](CN2S(=O)(=O)c2ccc(C)cc2)C(=O)CC(c2ccccc2F)N3S(=O)(=O)c2ccc(C)cc2)cc1. The molecule has 4 atom stereocenters. The van der Waals surface area contributed by atoms with Crippen LogP contribution in [0.15, 0.2) is 107 Å². The van der Waals surface area contributed by atoms with E-state index in [0.29, 0.717) is 5.56 Å². The molecule has 2 unspecified atom stereocenters. The number of fused-ring (bicyclic) bond motifs is 1. The molecule has 2 aliphatic rings. The summed E-state index contributed by atoms with van der Waals surface area (Å²) in [6.07, 6.45) is 0.535. The van der Waals surface area contributed by atoms with Gasteiger partial charge in [-0.25, -0.2) is 21.2 Å². The zero-order valence-electron chi connectivity index (χ0n) is 26.0. The average molecular weight is 661 g/mol. The molecule has 0 spiro atoms. The van der Waals surface area contributed by atoms with E-state index in [2.05, 4.69) is 0 Å². The number of aryl methyl sites for hydroxylation is 3. The molecule has 6 rings (SSSR count). The van der Waals surface area contributed by atoms with Crippen LogP contribution in [0.2, 0.25) is 0 Å². The third-order valence-electron chi connectivity index (χ3n) is 9.36. The minimum absolute atomic E-state index is 0.0169. The van der Waals surface area contributed by atoms with Crippen molar-refractivity contribution in [3.05, 3.63) is 131 Å². The molecular formula is C36H37FN2O5S2. The Morgan fingerprint density at radius 2 is 1.30 bits per heavy atom. The van der Waals surface area contributed by atoms with Crippen molar-refractivity contribution in [3.8, 4) is 0 Å². The first kappa shape index (κ1) is 32.2. The molecule has 2 heterocycles. The molecule has 7 nitrogen and oxygen atoms in total. The number of carbonyl (C=O) groups excluding carboxylic acids is 1. The summed E-state index contributed by atoms with van der Waals surface area (Å²) < 4.78 is 75.7. The predicted octanol–water partition coefficient (Wildman–Crippen LogP) is 6.53. The first-order valence-corrected chi connectivity index (χ1v) is 18.3. The highest BCUT2D eigenvalue weighted by molar-refractivity contribution is 7.89. The molecule has 0 saturated carbocycles. The molecule has 0 amide bonds. The third kappa shape index (κ3) is 5.83. The number of carbonyl (C=O) groups is 1. The van der Waals surface area contributed by atoms with Crippen molar-refractivity contribution < 1.29 is 26.0 Å². The first-order chi connectivity index (χ1) is 21.9. The quantitative estimate of drug-likeness (QED) is 0.225. The van der Waals surface area contributed by atoms with Gasteiger partial charge in [-0.05, 0) is 68.1 Å². The van der Waals surface area contributed by atoms with Gasteiger partial charge in [0.15, 0.2) is 0 Å². The number of rotatable bonds is 7. The van der Waals surface area contributed by atoms with E-state index >= 15 is 4.39 Å². The number of Topliss-reactive ketones (excluding diaryl/α,β-unsaturated/α-hetero) is 1. The van der Waals surface area contributed by atoms with Gasteiger partial charge in [-0.15, -0.1) is 0 Å². The molecular weight excluding hydrogens is 624 g/mol. The number of nitrogens with zero attached hydrogens (tertiary/aromatic N) is 2. The van der Waals surface area contributed by atoms with Crippen LogP contribution in [0, 0.1) is 25.6 Å².